The number of nitrogens with zero attached hydrogens (tertiary/aromatic N) is 1. The summed E-state index contributed by atoms with van der Waals surface area (Å²) in [5.41, 5.74) is 0. The minimum Gasteiger partial charge on any atom is -0.341 e. The van der Waals surface area contributed by atoms with Gasteiger partial charge in [-0.25, -0.2) is 4.79 Å². The van der Waals surface area contributed by atoms with Crippen LogP contribution >= 0.6 is 0 Å². The standard InChI is InChI=1S/C8H15N3O3/c1-5(11(4)6(2)12)7(13)10-8(14)9-3/h5H,1-4H3,(H2,9,10,13,14)/t5-/m0/s1. The highest BCUT2D eigenvalue weighted by molar-refractivity contribution is 5.98. The Bertz CT molecular complexity index is 252. The zero-order valence-electron chi connectivity index (χ0n) is 8.75. The first-order valence-corrected chi connectivity index (χ1v) is 4.16. The van der Waals surface area contributed by atoms with Gasteiger partial charge in [0.05, 0.1) is 0 Å². The lowest BCUT2D eigenvalue weighted by molar-refractivity contribution is -0.136. The molecule has 4 amide bonds. The SMILES string of the molecule is CNC(=O)NC(=O)[C@H](C)N(C)C(C)=O. The highest BCUT2D eigenvalue weighted by Gasteiger charge is 2.20. The average molecular weight is 201 g/mol. The molecule has 0 spiro atoms. The van der Waals surface area contributed by atoms with E-state index in [0.29, 0.717) is 0 Å². The van der Waals surface area contributed by atoms with Gasteiger partial charge in [0, 0.05) is 21.0 Å². The summed E-state index contributed by atoms with van der Waals surface area (Å²) in [6.07, 6.45) is 0. The van der Waals surface area contributed by atoms with E-state index < -0.39 is 18.0 Å². The topological polar surface area (TPSA) is 78.5 Å². The second-order valence-corrected chi connectivity index (χ2v) is 2.87. The van der Waals surface area contributed by atoms with Crippen LogP contribution in [0.1, 0.15) is 13.8 Å². The van der Waals surface area contributed by atoms with Crippen molar-refractivity contribution in [3.8, 4) is 0 Å². The number of hydrogen-bond donors (Lipinski definition) is 2. The van der Waals surface area contributed by atoms with Crippen LogP contribution in [0, 0.1) is 0 Å². The van der Waals surface area contributed by atoms with Gasteiger partial charge in [-0.1, -0.05) is 0 Å². The van der Waals surface area contributed by atoms with E-state index in [1.165, 1.54) is 25.9 Å². The van der Waals surface area contributed by atoms with Gasteiger partial charge in [-0.05, 0) is 6.92 Å². The normalized spacial score (nSPS) is 11.4. The third-order valence-electron chi connectivity index (χ3n) is 1.92. The molecule has 6 nitrogen and oxygen atoms in total. The fraction of sp³-hybridized carbons (Fsp3) is 0.625. The van der Waals surface area contributed by atoms with Crippen molar-refractivity contribution in [2.75, 3.05) is 14.1 Å². The molecule has 0 aliphatic heterocycles. The molecule has 0 aliphatic rings. The number of carbonyl (C=O) groups is 3. The van der Waals surface area contributed by atoms with Crippen LogP contribution in [-0.2, 0) is 9.59 Å². The van der Waals surface area contributed by atoms with Crippen molar-refractivity contribution in [2.45, 2.75) is 19.9 Å². The minimum atomic E-state index is -0.662. The second kappa shape index (κ2) is 5.21. The first-order valence-electron chi connectivity index (χ1n) is 4.16. The number of rotatable bonds is 2. The van der Waals surface area contributed by atoms with Crippen LogP contribution in [0.3, 0.4) is 0 Å². The fourth-order valence-electron chi connectivity index (χ4n) is 0.727. The smallest absolute Gasteiger partial charge is 0.321 e. The zero-order valence-corrected chi connectivity index (χ0v) is 8.75. The molecule has 0 heterocycles. The summed E-state index contributed by atoms with van der Waals surface area (Å²) >= 11 is 0. The summed E-state index contributed by atoms with van der Waals surface area (Å²) in [4.78, 5) is 34.2. The van der Waals surface area contributed by atoms with Gasteiger partial charge in [-0.3, -0.25) is 14.9 Å². The van der Waals surface area contributed by atoms with Crippen molar-refractivity contribution < 1.29 is 14.4 Å². The van der Waals surface area contributed by atoms with Crippen molar-refractivity contribution in [3.05, 3.63) is 0 Å². The highest BCUT2D eigenvalue weighted by Crippen LogP contribution is 1.95. The monoisotopic (exact) mass is 201 g/mol. The zero-order chi connectivity index (χ0) is 11.3. The molecule has 2 N–H and O–H groups in total. The Morgan fingerprint density at radius 2 is 1.79 bits per heavy atom. The number of amides is 4. The number of nitrogens with one attached hydrogen (secondary N) is 2. The Morgan fingerprint density at radius 3 is 2.14 bits per heavy atom. The lowest BCUT2D eigenvalue weighted by Gasteiger charge is -2.21. The van der Waals surface area contributed by atoms with E-state index in [1.54, 1.807) is 6.92 Å². The summed E-state index contributed by atoms with van der Waals surface area (Å²) in [5, 5.41) is 4.33. The van der Waals surface area contributed by atoms with Gasteiger partial charge in [0.1, 0.15) is 6.04 Å². The molecule has 0 aromatic rings. The minimum absolute atomic E-state index is 0.232. The summed E-state index contributed by atoms with van der Waals surface area (Å²) in [6, 6.07) is -1.25. The molecule has 0 radical (unpaired) electrons. The predicted octanol–water partition coefficient (Wildman–Crippen LogP) is -0.691. The second-order valence-electron chi connectivity index (χ2n) is 2.87. The van der Waals surface area contributed by atoms with Crippen LogP contribution in [0.15, 0.2) is 0 Å². The molecule has 0 aromatic heterocycles. The summed E-state index contributed by atoms with van der Waals surface area (Å²) in [5.74, 6) is -0.744. The Morgan fingerprint density at radius 1 is 1.29 bits per heavy atom. The molecule has 0 fully saturated rings. The number of imide groups is 1. The van der Waals surface area contributed by atoms with Crippen molar-refractivity contribution in [1.29, 1.82) is 0 Å². The molecule has 0 saturated heterocycles. The van der Waals surface area contributed by atoms with E-state index in [-0.39, 0.29) is 5.91 Å². The Kier molecular flexibility index (Phi) is 4.62. The molecular weight excluding hydrogens is 186 g/mol. The van der Waals surface area contributed by atoms with Crippen molar-refractivity contribution in [2.24, 2.45) is 0 Å². The Hall–Kier alpha value is -1.59. The van der Waals surface area contributed by atoms with Crippen molar-refractivity contribution in [3.63, 3.8) is 0 Å². The van der Waals surface area contributed by atoms with Crippen molar-refractivity contribution >= 4 is 17.8 Å². The van der Waals surface area contributed by atoms with E-state index in [0.717, 1.165) is 0 Å². The molecule has 0 aliphatic carbocycles. The Labute approximate surface area is 82.6 Å². The molecular formula is C8H15N3O3. The molecule has 0 rings (SSSR count). The Balaban J connectivity index is 4.25. The number of likely N-dealkylation sites (N-methyl/N-ethyl adjacent to an activating group) is 1. The molecule has 6 heteroatoms. The van der Waals surface area contributed by atoms with Crippen LogP contribution < -0.4 is 10.6 Å². The molecule has 1 atom stereocenters. The van der Waals surface area contributed by atoms with Gasteiger partial charge in [0.2, 0.25) is 11.8 Å². The first-order chi connectivity index (χ1) is 6.40. The molecule has 0 aromatic carbocycles. The van der Waals surface area contributed by atoms with E-state index in [2.05, 4.69) is 10.6 Å². The van der Waals surface area contributed by atoms with Gasteiger partial charge in [0.25, 0.3) is 0 Å². The maximum Gasteiger partial charge on any atom is 0.321 e. The van der Waals surface area contributed by atoms with Crippen molar-refractivity contribution in [1.82, 2.24) is 15.5 Å². The summed E-state index contributed by atoms with van der Waals surface area (Å²) in [7, 11) is 2.90. The molecule has 80 valence electrons. The lowest BCUT2D eigenvalue weighted by Crippen LogP contribution is -2.49. The third-order valence-corrected chi connectivity index (χ3v) is 1.92. The first kappa shape index (κ1) is 12.4. The van der Waals surface area contributed by atoms with Gasteiger partial charge < -0.3 is 10.2 Å². The number of hydrogen-bond acceptors (Lipinski definition) is 3. The quantitative estimate of drug-likeness (QED) is 0.620. The van der Waals surface area contributed by atoms with E-state index in [1.807, 2.05) is 0 Å². The van der Waals surface area contributed by atoms with Crippen LogP contribution in [0.4, 0.5) is 4.79 Å². The predicted molar refractivity (Wildman–Crippen MR) is 50.5 cm³/mol. The van der Waals surface area contributed by atoms with Crippen LogP contribution in [0.2, 0.25) is 0 Å². The molecule has 0 unspecified atom stereocenters. The van der Waals surface area contributed by atoms with Gasteiger partial charge in [-0.15, -0.1) is 0 Å². The van der Waals surface area contributed by atoms with Gasteiger partial charge in [-0.2, -0.15) is 0 Å². The summed E-state index contributed by atoms with van der Waals surface area (Å²) < 4.78 is 0. The number of carbonyl (C=O) groups excluding carboxylic acids is 3. The highest BCUT2D eigenvalue weighted by atomic mass is 16.2. The van der Waals surface area contributed by atoms with E-state index in [4.69, 9.17) is 0 Å². The fourth-order valence-corrected chi connectivity index (χ4v) is 0.727. The van der Waals surface area contributed by atoms with E-state index >= 15 is 0 Å². The maximum atomic E-state index is 11.3. The van der Waals surface area contributed by atoms with Crippen LogP contribution in [-0.4, -0.2) is 42.9 Å². The largest absolute Gasteiger partial charge is 0.341 e. The third kappa shape index (κ3) is 3.42. The lowest BCUT2D eigenvalue weighted by atomic mass is 10.3. The van der Waals surface area contributed by atoms with Gasteiger partial charge in [0.15, 0.2) is 0 Å². The average Bonchev–Trinajstić information content (AvgIpc) is 2.14. The summed E-state index contributed by atoms with van der Waals surface area (Å²) in [6.45, 7) is 2.89. The molecule has 0 saturated carbocycles. The molecule has 14 heavy (non-hydrogen) atoms. The van der Waals surface area contributed by atoms with Crippen LogP contribution in [0.25, 0.3) is 0 Å². The molecule has 0 bridgehead atoms. The maximum absolute atomic E-state index is 11.3. The van der Waals surface area contributed by atoms with E-state index in [9.17, 15) is 14.4 Å². The van der Waals surface area contributed by atoms with Crippen LogP contribution in [0.5, 0.6) is 0 Å². The number of urea groups is 1. The van der Waals surface area contributed by atoms with Gasteiger partial charge >= 0.3 is 6.03 Å².